The number of anilines is 1. The van der Waals surface area contributed by atoms with E-state index in [2.05, 4.69) is 31.0 Å². The molecule has 0 spiro atoms. The summed E-state index contributed by atoms with van der Waals surface area (Å²) in [5, 5.41) is 0. The van der Waals surface area contributed by atoms with E-state index >= 15 is 0 Å². The molecule has 3 nitrogen and oxygen atoms in total. The van der Waals surface area contributed by atoms with Gasteiger partial charge in [0.15, 0.2) is 0 Å². The minimum absolute atomic E-state index is 0.217. The smallest absolute Gasteiger partial charge is 0.119 e. The van der Waals surface area contributed by atoms with Crippen molar-refractivity contribution in [3.05, 3.63) is 24.3 Å². The minimum atomic E-state index is 0.217. The van der Waals surface area contributed by atoms with Crippen molar-refractivity contribution < 1.29 is 4.74 Å². The molecule has 1 aromatic rings. The Hall–Kier alpha value is -1.22. The normalized spacial score (nSPS) is 12.6. The van der Waals surface area contributed by atoms with Crippen molar-refractivity contribution in [2.24, 2.45) is 5.73 Å². The Morgan fingerprint density at radius 1 is 1.18 bits per heavy atom. The average Bonchev–Trinajstić information content (AvgIpc) is 2.28. The predicted octanol–water partition coefficient (Wildman–Crippen LogP) is 2.65. The third-order valence-corrected chi connectivity index (χ3v) is 2.86. The molecule has 0 fully saturated rings. The third-order valence-electron chi connectivity index (χ3n) is 2.86. The largest absolute Gasteiger partial charge is 0.491 e. The van der Waals surface area contributed by atoms with Crippen LogP contribution in [0.1, 0.15) is 27.2 Å². The van der Waals surface area contributed by atoms with Gasteiger partial charge in [-0.2, -0.15) is 0 Å². The van der Waals surface area contributed by atoms with Gasteiger partial charge in [-0.05, 0) is 58.0 Å². The zero-order chi connectivity index (χ0) is 12.8. The molecule has 0 amide bonds. The zero-order valence-corrected chi connectivity index (χ0v) is 11.3. The van der Waals surface area contributed by atoms with Gasteiger partial charge < -0.3 is 15.4 Å². The number of nitrogens with two attached hydrogens (primary N) is 1. The summed E-state index contributed by atoms with van der Waals surface area (Å²) in [7, 11) is 2.10. The highest BCUT2D eigenvalue weighted by Crippen LogP contribution is 2.21. The summed E-state index contributed by atoms with van der Waals surface area (Å²) in [5.74, 6) is 0.920. The highest BCUT2D eigenvalue weighted by Gasteiger charge is 2.09. The number of hydrogen-bond donors (Lipinski definition) is 1. The molecule has 0 heterocycles. The highest BCUT2D eigenvalue weighted by molar-refractivity contribution is 5.49. The minimum Gasteiger partial charge on any atom is -0.491 e. The molecule has 3 heteroatoms. The van der Waals surface area contributed by atoms with Crippen LogP contribution in [-0.2, 0) is 0 Å². The van der Waals surface area contributed by atoms with Crippen molar-refractivity contribution in [3.63, 3.8) is 0 Å². The molecule has 17 heavy (non-hydrogen) atoms. The SMILES string of the molecule is CC(C)Oc1ccc(N(C)C(C)CCN)cc1. The molecule has 0 aliphatic carbocycles. The Balaban J connectivity index is 2.66. The Bertz CT molecular complexity index is 321. The van der Waals surface area contributed by atoms with Gasteiger partial charge in [-0.25, -0.2) is 0 Å². The van der Waals surface area contributed by atoms with Crippen molar-refractivity contribution >= 4 is 5.69 Å². The third kappa shape index (κ3) is 4.27. The number of rotatable bonds is 6. The topological polar surface area (TPSA) is 38.5 Å². The van der Waals surface area contributed by atoms with E-state index < -0.39 is 0 Å². The highest BCUT2D eigenvalue weighted by atomic mass is 16.5. The lowest BCUT2D eigenvalue weighted by Crippen LogP contribution is -2.30. The quantitative estimate of drug-likeness (QED) is 0.825. The fraction of sp³-hybridized carbons (Fsp3) is 0.571. The van der Waals surface area contributed by atoms with Crippen LogP contribution in [0.15, 0.2) is 24.3 Å². The number of hydrogen-bond acceptors (Lipinski definition) is 3. The van der Waals surface area contributed by atoms with E-state index in [1.165, 1.54) is 5.69 Å². The first-order valence-corrected chi connectivity index (χ1v) is 6.24. The van der Waals surface area contributed by atoms with Gasteiger partial charge in [-0.1, -0.05) is 0 Å². The summed E-state index contributed by atoms with van der Waals surface area (Å²) in [4.78, 5) is 2.24. The van der Waals surface area contributed by atoms with Gasteiger partial charge in [0.1, 0.15) is 5.75 Å². The summed E-state index contributed by atoms with van der Waals surface area (Å²) in [6.07, 6.45) is 1.22. The molecule has 0 bridgehead atoms. The monoisotopic (exact) mass is 236 g/mol. The fourth-order valence-electron chi connectivity index (χ4n) is 1.72. The first kappa shape index (κ1) is 13.8. The summed E-state index contributed by atoms with van der Waals surface area (Å²) in [6, 6.07) is 8.66. The first-order valence-electron chi connectivity index (χ1n) is 6.24. The van der Waals surface area contributed by atoms with Crippen LogP contribution in [0, 0.1) is 0 Å². The molecule has 0 aliphatic heterocycles. The molecule has 0 saturated carbocycles. The van der Waals surface area contributed by atoms with Crippen LogP contribution in [0.4, 0.5) is 5.69 Å². The molecule has 1 atom stereocenters. The lowest BCUT2D eigenvalue weighted by atomic mass is 10.2. The van der Waals surface area contributed by atoms with Crippen LogP contribution in [0.2, 0.25) is 0 Å². The number of nitrogens with zero attached hydrogens (tertiary/aromatic N) is 1. The van der Waals surface area contributed by atoms with Crippen molar-refractivity contribution in [1.29, 1.82) is 0 Å². The Morgan fingerprint density at radius 3 is 2.24 bits per heavy atom. The maximum Gasteiger partial charge on any atom is 0.119 e. The molecule has 1 rings (SSSR count). The van der Waals surface area contributed by atoms with Crippen molar-refractivity contribution in [1.82, 2.24) is 0 Å². The van der Waals surface area contributed by atoms with E-state index in [0.717, 1.165) is 18.7 Å². The van der Waals surface area contributed by atoms with E-state index in [4.69, 9.17) is 10.5 Å². The van der Waals surface area contributed by atoms with Crippen LogP contribution in [0.25, 0.3) is 0 Å². The number of benzene rings is 1. The van der Waals surface area contributed by atoms with Crippen LogP contribution in [0.5, 0.6) is 5.75 Å². The maximum absolute atomic E-state index is 5.62. The molecule has 1 unspecified atom stereocenters. The second kappa shape index (κ2) is 6.50. The molecule has 0 aromatic heterocycles. The molecule has 0 aliphatic rings. The van der Waals surface area contributed by atoms with E-state index in [0.29, 0.717) is 6.04 Å². The average molecular weight is 236 g/mol. The van der Waals surface area contributed by atoms with Crippen LogP contribution in [-0.4, -0.2) is 25.7 Å². The predicted molar refractivity (Wildman–Crippen MR) is 73.7 cm³/mol. The maximum atomic E-state index is 5.62. The molecule has 0 saturated heterocycles. The van der Waals surface area contributed by atoms with Crippen molar-refractivity contribution in [2.75, 3.05) is 18.5 Å². The Labute approximate surface area is 105 Å². The van der Waals surface area contributed by atoms with E-state index in [1.807, 2.05) is 26.0 Å². The Kier molecular flexibility index (Phi) is 5.29. The van der Waals surface area contributed by atoms with Gasteiger partial charge in [0.25, 0.3) is 0 Å². The van der Waals surface area contributed by atoms with E-state index in [1.54, 1.807) is 0 Å². The number of ether oxygens (including phenoxy) is 1. The van der Waals surface area contributed by atoms with E-state index in [-0.39, 0.29) is 6.10 Å². The molecule has 96 valence electrons. The summed E-state index contributed by atoms with van der Waals surface area (Å²) in [5.41, 5.74) is 6.77. The fourth-order valence-corrected chi connectivity index (χ4v) is 1.72. The van der Waals surface area contributed by atoms with Crippen molar-refractivity contribution in [3.8, 4) is 5.75 Å². The lowest BCUT2D eigenvalue weighted by Gasteiger charge is -2.27. The van der Waals surface area contributed by atoms with Gasteiger partial charge in [0, 0.05) is 18.8 Å². The van der Waals surface area contributed by atoms with Gasteiger partial charge in [0.2, 0.25) is 0 Å². The van der Waals surface area contributed by atoms with Crippen molar-refractivity contribution in [2.45, 2.75) is 39.3 Å². The Morgan fingerprint density at radius 2 is 1.76 bits per heavy atom. The van der Waals surface area contributed by atoms with Crippen LogP contribution >= 0.6 is 0 Å². The van der Waals surface area contributed by atoms with Gasteiger partial charge in [-0.15, -0.1) is 0 Å². The van der Waals surface area contributed by atoms with E-state index in [9.17, 15) is 0 Å². The molecule has 2 N–H and O–H groups in total. The second-order valence-electron chi connectivity index (χ2n) is 4.70. The standard InChI is InChI=1S/C14H24N2O/c1-11(2)17-14-7-5-13(6-8-14)16(4)12(3)9-10-15/h5-8,11-12H,9-10,15H2,1-4H3. The lowest BCUT2D eigenvalue weighted by molar-refractivity contribution is 0.242. The molecule has 0 radical (unpaired) electrons. The van der Waals surface area contributed by atoms with Crippen LogP contribution in [0.3, 0.4) is 0 Å². The molecular weight excluding hydrogens is 212 g/mol. The van der Waals surface area contributed by atoms with Gasteiger partial charge >= 0.3 is 0 Å². The zero-order valence-electron chi connectivity index (χ0n) is 11.3. The van der Waals surface area contributed by atoms with Crippen LogP contribution < -0.4 is 15.4 Å². The first-order chi connectivity index (χ1) is 8.04. The summed E-state index contributed by atoms with van der Waals surface area (Å²) in [6.45, 7) is 6.97. The second-order valence-corrected chi connectivity index (χ2v) is 4.70. The molecule has 1 aromatic carbocycles. The summed E-state index contributed by atoms with van der Waals surface area (Å²) >= 11 is 0. The van der Waals surface area contributed by atoms with Gasteiger partial charge in [-0.3, -0.25) is 0 Å². The van der Waals surface area contributed by atoms with Gasteiger partial charge in [0.05, 0.1) is 6.10 Å². The molecular formula is C14H24N2O. The summed E-state index contributed by atoms with van der Waals surface area (Å²) < 4.78 is 5.62.